The fraction of sp³-hybridized carbons (Fsp3) is 0.300. The van der Waals surface area contributed by atoms with Crippen molar-refractivity contribution in [3.8, 4) is 0 Å². The number of aromatic nitrogens is 3. The minimum Gasteiger partial charge on any atom is -0.445 e. The number of anilines is 1. The molecule has 0 spiro atoms. The molecule has 30 heavy (non-hydrogen) atoms. The monoisotopic (exact) mass is 445 g/mol. The van der Waals surface area contributed by atoms with E-state index in [2.05, 4.69) is 27.2 Å². The third-order valence-corrected chi connectivity index (χ3v) is 6.25. The lowest BCUT2D eigenvalue weighted by Gasteiger charge is -2.07. The maximum atomic E-state index is 12.2. The first-order valence-electron chi connectivity index (χ1n) is 9.37. The lowest BCUT2D eigenvalue weighted by Crippen LogP contribution is -2.26. The summed E-state index contributed by atoms with van der Waals surface area (Å²) in [5, 5.41) is 5.61. The van der Waals surface area contributed by atoms with Gasteiger partial charge in [-0.25, -0.2) is 14.8 Å². The van der Waals surface area contributed by atoms with E-state index in [4.69, 9.17) is 4.74 Å². The standard InChI is InChI=1S/C20H23N5O3S2/c1-3-11-28-19(27)22-8-12-29-20-24-16-5-4-15(13-17(16)30-20)23-18(26)6-9-25-10-7-21-14(25)2/h3-5,7,10,13H,1,6,8-9,11-12H2,2H3,(H,22,27)(H,23,26). The summed E-state index contributed by atoms with van der Waals surface area (Å²) in [5.41, 5.74) is 1.63. The van der Waals surface area contributed by atoms with Gasteiger partial charge < -0.3 is 19.9 Å². The minimum atomic E-state index is -0.455. The molecule has 0 saturated carbocycles. The van der Waals surface area contributed by atoms with Gasteiger partial charge in [0.15, 0.2) is 4.34 Å². The number of thiazole rings is 1. The van der Waals surface area contributed by atoms with Crippen molar-refractivity contribution in [3.05, 3.63) is 49.1 Å². The highest BCUT2D eigenvalue weighted by Gasteiger charge is 2.09. The molecule has 1 aromatic carbocycles. The molecule has 2 heterocycles. The predicted molar refractivity (Wildman–Crippen MR) is 120 cm³/mol. The molecule has 10 heteroatoms. The Balaban J connectivity index is 1.47. The average Bonchev–Trinajstić information content (AvgIpc) is 3.33. The van der Waals surface area contributed by atoms with Gasteiger partial charge in [0.1, 0.15) is 12.4 Å². The van der Waals surface area contributed by atoms with E-state index in [0.717, 1.165) is 26.1 Å². The molecule has 0 atom stereocenters. The quantitative estimate of drug-likeness (QED) is 0.280. The highest BCUT2D eigenvalue weighted by Crippen LogP contribution is 2.31. The summed E-state index contributed by atoms with van der Waals surface area (Å²) in [7, 11) is 0. The van der Waals surface area contributed by atoms with Gasteiger partial charge in [0, 0.05) is 43.3 Å². The second-order valence-electron chi connectivity index (χ2n) is 6.29. The van der Waals surface area contributed by atoms with E-state index in [0.29, 0.717) is 25.3 Å². The lowest BCUT2D eigenvalue weighted by atomic mass is 10.3. The summed E-state index contributed by atoms with van der Waals surface area (Å²) in [6.45, 7) is 6.67. The molecule has 3 aromatic rings. The van der Waals surface area contributed by atoms with Gasteiger partial charge >= 0.3 is 6.09 Å². The molecular formula is C20H23N5O3S2. The smallest absolute Gasteiger partial charge is 0.407 e. The van der Waals surface area contributed by atoms with Crippen LogP contribution in [0.4, 0.5) is 10.5 Å². The molecule has 0 saturated heterocycles. The number of hydrogen-bond acceptors (Lipinski definition) is 7. The van der Waals surface area contributed by atoms with Crippen molar-refractivity contribution in [2.45, 2.75) is 24.2 Å². The molecule has 0 radical (unpaired) electrons. The van der Waals surface area contributed by atoms with Gasteiger partial charge in [-0.1, -0.05) is 24.4 Å². The number of ether oxygens (including phenoxy) is 1. The highest BCUT2D eigenvalue weighted by molar-refractivity contribution is 8.01. The summed E-state index contributed by atoms with van der Waals surface area (Å²) in [4.78, 5) is 32.3. The van der Waals surface area contributed by atoms with Gasteiger partial charge in [-0.3, -0.25) is 4.79 Å². The van der Waals surface area contributed by atoms with E-state index in [-0.39, 0.29) is 12.5 Å². The van der Waals surface area contributed by atoms with E-state index in [1.165, 1.54) is 6.08 Å². The van der Waals surface area contributed by atoms with Gasteiger partial charge in [-0.05, 0) is 25.1 Å². The summed E-state index contributed by atoms with van der Waals surface area (Å²) in [6.07, 6.45) is 5.04. The number of nitrogens with one attached hydrogen (secondary N) is 2. The van der Waals surface area contributed by atoms with Crippen LogP contribution >= 0.6 is 23.1 Å². The maximum Gasteiger partial charge on any atom is 0.407 e. The number of hydrogen-bond donors (Lipinski definition) is 2. The van der Waals surface area contributed by atoms with Crippen molar-refractivity contribution in [2.24, 2.45) is 0 Å². The summed E-state index contributed by atoms with van der Waals surface area (Å²) >= 11 is 3.12. The number of amides is 2. The number of benzene rings is 1. The maximum absolute atomic E-state index is 12.2. The zero-order valence-corrected chi connectivity index (χ0v) is 18.2. The number of carbonyl (C=O) groups is 2. The Kier molecular flexibility index (Phi) is 7.86. The van der Waals surface area contributed by atoms with Crippen LogP contribution in [0.5, 0.6) is 0 Å². The van der Waals surface area contributed by atoms with Gasteiger partial charge in [-0.15, -0.1) is 11.3 Å². The molecule has 0 unspecified atom stereocenters. The Morgan fingerprint density at radius 1 is 1.40 bits per heavy atom. The molecular weight excluding hydrogens is 422 g/mol. The van der Waals surface area contributed by atoms with Crippen molar-refractivity contribution >= 4 is 51.0 Å². The van der Waals surface area contributed by atoms with Crippen molar-refractivity contribution in [2.75, 3.05) is 24.2 Å². The van der Waals surface area contributed by atoms with Crippen molar-refractivity contribution in [1.29, 1.82) is 0 Å². The van der Waals surface area contributed by atoms with Crippen LogP contribution in [-0.4, -0.2) is 45.4 Å². The number of aryl methyl sites for hydroxylation is 2. The van der Waals surface area contributed by atoms with Crippen molar-refractivity contribution in [1.82, 2.24) is 19.9 Å². The van der Waals surface area contributed by atoms with Crippen LogP contribution in [0.1, 0.15) is 12.2 Å². The molecule has 0 aliphatic heterocycles. The number of rotatable bonds is 10. The SMILES string of the molecule is C=CCOC(=O)NCCSc1nc2ccc(NC(=O)CCn3ccnc3C)cc2s1. The number of nitrogens with zero attached hydrogens (tertiary/aromatic N) is 3. The number of imidazole rings is 1. The molecule has 0 aliphatic carbocycles. The van der Waals surface area contributed by atoms with Crippen molar-refractivity contribution in [3.63, 3.8) is 0 Å². The molecule has 8 nitrogen and oxygen atoms in total. The molecule has 2 aromatic heterocycles. The third kappa shape index (κ3) is 6.33. The van der Waals surface area contributed by atoms with Crippen LogP contribution in [0.15, 0.2) is 47.6 Å². The Labute approximate surface area is 182 Å². The number of carbonyl (C=O) groups excluding carboxylic acids is 2. The number of thioether (sulfide) groups is 1. The van der Waals surface area contributed by atoms with E-state index in [1.54, 1.807) is 29.3 Å². The van der Waals surface area contributed by atoms with Crippen LogP contribution < -0.4 is 10.6 Å². The molecule has 158 valence electrons. The third-order valence-electron chi connectivity index (χ3n) is 4.09. The van der Waals surface area contributed by atoms with Crippen LogP contribution in [-0.2, 0) is 16.1 Å². The second kappa shape index (κ2) is 10.8. The summed E-state index contributed by atoms with van der Waals surface area (Å²) in [6, 6.07) is 5.69. The fourth-order valence-electron chi connectivity index (χ4n) is 2.61. The predicted octanol–water partition coefficient (Wildman–Crippen LogP) is 3.83. The molecule has 2 N–H and O–H groups in total. The van der Waals surface area contributed by atoms with Crippen LogP contribution in [0.2, 0.25) is 0 Å². The van der Waals surface area contributed by atoms with Gasteiger partial charge in [0.2, 0.25) is 5.91 Å². The van der Waals surface area contributed by atoms with Crippen LogP contribution in [0.25, 0.3) is 10.2 Å². The zero-order chi connectivity index (χ0) is 21.3. The molecule has 0 bridgehead atoms. The lowest BCUT2D eigenvalue weighted by molar-refractivity contribution is -0.116. The molecule has 0 aliphatic rings. The van der Waals surface area contributed by atoms with Crippen molar-refractivity contribution < 1.29 is 14.3 Å². The molecule has 2 amide bonds. The largest absolute Gasteiger partial charge is 0.445 e. The topological polar surface area (TPSA) is 98.1 Å². The summed E-state index contributed by atoms with van der Waals surface area (Å²) in [5.74, 6) is 1.53. The van der Waals surface area contributed by atoms with E-state index in [9.17, 15) is 9.59 Å². The van der Waals surface area contributed by atoms with E-state index >= 15 is 0 Å². The summed E-state index contributed by atoms with van der Waals surface area (Å²) < 4.78 is 8.71. The van der Waals surface area contributed by atoms with Gasteiger partial charge in [0.05, 0.1) is 10.2 Å². The van der Waals surface area contributed by atoms with E-state index in [1.807, 2.05) is 35.9 Å². The van der Waals surface area contributed by atoms with Gasteiger partial charge in [0.25, 0.3) is 0 Å². The highest BCUT2D eigenvalue weighted by atomic mass is 32.2. The van der Waals surface area contributed by atoms with Crippen LogP contribution in [0.3, 0.4) is 0 Å². The average molecular weight is 446 g/mol. The second-order valence-corrected chi connectivity index (χ2v) is 8.66. The fourth-order valence-corrected chi connectivity index (χ4v) is 4.64. The molecule has 0 fully saturated rings. The normalized spacial score (nSPS) is 10.7. The Morgan fingerprint density at radius 2 is 2.27 bits per heavy atom. The Morgan fingerprint density at radius 3 is 3.03 bits per heavy atom. The minimum absolute atomic E-state index is 0.0454. The first-order chi connectivity index (χ1) is 14.5. The number of alkyl carbamates (subject to hydrolysis) is 1. The Hall–Kier alpha value is -2.85. The zero-order valence-electron chi connectivity index (χ0n) is 16.6. The van der Waals surface area contributed by atoms with Crippen LogP contribution in [0, 0.1) is 6.92 Å². The van der Waals surface area contributed by atoms with E-state index < -0.39 is 6.09 Å². The van der Waals surface area contributed by atoms with Gasteiger partial charge in [-0.2, -0.15) is 0 Å². The first-order valence-corrected chi connectivity index (χ1v) is 11.2. The Bertz CT molecular complexity index is 1030. The number of fused-ring (bicyclic) bond motifs is 1. The first kappa shape index (κ1) is 21.8. The molecule has 3 rings (SSSR count).